The number of hydrogen-bond acceptors (Lipinski definition) is 2. The van der Waals surface area contributed by atoms with Crippen molar-refractivity contribution in [3.05, 3.63) is 41.0 Å². The van der Waals surface area contributed by atoms with Crippen LogP contribution in [-0.4, -0.2) is 29.3 Å². The highest BCUT2D eigenvalue weighted by Gasteiger charge is 2.38. The van der Waals surface area contributed by atoms with Crippen molar-refractivity contribution in [2.45, 2.75) is 63.6 Å². The molecule has 1 aromatic rings. The molecule has 1 fully saturated rings. The summed E-state index contributed by atoms with van der Waals surface area (Å²) in [6.45, 7) is 1.78. The minimum absolute atomic E-state index is 0.179. The number of hydrogen-bond donors (Lipinski definition) is 2. The topological polar surface area (TPSA) is 49.3 Å². The number of rotatable bonds is 6. The third-order valence-corrected chi connectivity index (χ3v) is 4.77. The van der Waals surface area contributed by atoms with Gasteiger partial charge in [-0.3, -0.25) is 4.79 Å². The molecule has 1 aliphatic carbocycles. The number of carbonyl (C=O) groups is 1. The molecule has 0 heterocycles. The normalized spacial score (nSPS) is 17.4. The summed E-state index contributed by atoms with van der Waals surface area (Å²) in [6, 6.07) is 5.97. The Hall–Kier alpha value is -1.82. The van der Waals surface area contributed by atoms with Crippen LogP contribution in [0, 0.1) is 6.92 Å². The van der Waals surface area contributed by atoms with Crippen LogP contribution in [0.5, 0.6) is 0 Å². The van der Waals surface area contributed by atoms with Gasteiger partial charge in [0.05, 0.1) is 5.60 Å². The third kappa shape index (κ3) is 6.48. The van der Waals surface area contributed by atoms with Crippen LogP contribution in [0.2, 0.25) is 0 Å². The molecular formula is C20H26F3NO2. The van der Waals surface area contributed by atoms with E-state index in [2.05, 4.69) is 6.07 Å². The van der Waals surface area contributed by atoms with E-state index in [0.717, 1.165) is 55.2 Å². The first-order valence-electron chi connectivity index (χ1n) is 9.02. The van der Waals surface area contributed by atoms with Gasteiger partial charge in [0, 0.05) is 6.54 Å². The summed E-state index contributed by atoms with van der Waals surface area (Å²) in [4.78, 5) is 10.8. The maximum Gasteiger partial charge on any atom is 0.471 e. The largest absolute Gasteiger partial charge is 0.471 e. The molecule has 1 aliphatic rings. The standard InChI is InChI=1S/C20H26F3NO2/c1-15-12-16(6-5-11-24-18(25)20(21,22)23)14-17(13-15)7-10-19(26)8-3-2-4-9-19/h5-6,12-14,26H,2-4,7-11H2,1H3,(H,24,25). The van der Waals surface area contributed by atoms with E-state index in [1.165, 1.54) is 12.5 Å². The summed E-state index contributed by atoms with van der Waals surface area (Å²) in [5.74, 6) is -1.94. The van der Waals surface area contributed by atoms with Crippen LogP contribution in [-0.2, 0) is 11.2 Å². The molecule has 0 spiro atoms. The summed E-state index contributed by atoms with van der Waals surface area (Å²) >= 11 is 0. The number of amides is 1. The van der Waals surface area contributed by atoms with Crippen LogP contribution >= 0.6 is 0 Å². The molecule has 0 unspecified atom stereocenters. The zero-order chi connectivity index (χ0) is 19.2. The first-order chi connectivity index (χ1) is 12.2. The van der Waals surface area contributed by atoms with Crippen molar-refractivity contribution in [2.24, 2.45) is 0 Å². The molecule has 0 aromatic heterocycles. The number of aryl methyl sites for hydroxylation is 2. The lowest BCUT2D eigenvalue weighted by molar-refractivity contribution is -0.173. The summed E-state index contributed by atoms with van der Waals surface area (Å²) in [6.07, 6.45) is 4.86. The van der Waals surface area contributed by atoms with Crippen LogP contribution in [0.3, 0.4) is 0 Å². The summed E-state index contributed by atoms with van der Waals surface area (Å²) < 4.78 is 36.4. The number of carbonyl (C=O) groups excluding carboxylic acids is 1. The van der Waals surface area contributed by atoms with E-state index in [0.29, 0.717) is 0 Å². The van der Waals surface area contributed by atoms with Gasteiger partial charge in [-0.1, -0.05) is 55.2 Å². The van der Waals surface area contributed by atoms with Gasteiger partial charge in [0.2, 0.25) is 0 Å². The van der Waals surface area contributed by atoms with E-state index in [9.17, 15) is 23.1 Å². The maximum atomic E-state index is 12.1. The molecule has 0 radical (unpaired) electrons. The lowest BCUT2D eigenvalue weighted by atomic mass is 9.81. The van der Waals surface area contributed by atoms with Gasteiger partial charge in [-0.15, -0.1) is 0 Å². The monoisotopic (exact) mass is 369 g/mol. The Kier molecular flexibility index (Phi) is 6.87. The first kappa shape index (κ1) is 20.5. The minimum atomic E-state index is -4.86. The Balaban J connectivity index is 1.92. The lowest BCUT2D eigenvalue weighted by Gasteiger charge is -2.32. The molecule has 0 aliphatic heterocycles. The van der Waals surface area contributed by atoms with Gasteiger partial charge in [-0.2, -0.15) is 13.2 Å². The number of nitrogens with one attached hydrogen (secondary N) is 1. The van der Waals surface area contributed by atoms with Gasteiger partial charge in [-0.05, 0) is 43.7 Å². The molecule has 2 N–H and O–H groups in total. The zero-order valence-corrected chi connectivity index (χ0v) is 15.0. The van der Waals surface area contributed by atoms with Gasteiger partial charge >= 0.3 is 12.1 Å². The van der Waals surface area contributed by atoms with Crippen LogP contribution in [0.4, 0.5) is 13.2 Å². The van der Waals surface area contributed by atoms with E-state index < -0.39 is 17.7 Å². The Morgan fingerprint density at radius 3 is 2.58 bits per heavy atom. The van der Waals surface area contributed by atoms with Gasteiger partial charge < -0.3 is 10.4 Å². The van der Waals surface area contributed by atoms with Crippen LogP contribution in [0.15, 0.2) is 24.3 Å². The van der Waals surface area contributed by atoms with Crippen molar-refractivity contribution >= 4 is 12.0 Å². The summed E-state index contributed by atoms with van der Waals surface area (Å²) in [5, 5.41) is 12.4. The minimum Gasteiger partial charge on any atom is -0.390 e. The Bertz CT molecular complexity index is 647. The average molecular weight is 369 g/mol. The predicted octanol–water partition coefficient (Wildman–Crippen LogP) is 4.31. The molecule has 0 saturated heterocycles. The summed E-state index contributed by atoms with van der Waals surface area (Å²) in [5.41, 5.74) is 2.46. The Morgan fingerprint density at radius 2 is 1.92 bits per heavy atom. The van der Waals surface area contributed by atoms with Crippen molar-refractivity contribution in [2.75, 3.05) is 6.54 Å². The molecule has 0 bridgehead atoms. The number of benzene rings is 1. The second kappa shape index (κ2) is 8.71. The highest BCUT2D eigenvalue weighted by molar-refractivity contribution is 5.81. The molecule has 3 nitrogen and oxygen atoms in total. The Morgan fingerprint density at radius 1 is 1.23 bits per heavy atom. The predicted molar refractivity (Wildman–Crippen MR) is 95.6 cm³/mol. The van der Waals surface area contributed by atoms with Gasteiger partial charge in [0.25, 0.3) is 0 Å². The SMILES string of the molecule is Cc1cc(C=CCNC(=O)C(F)(F)F)cc(CCC2(O)CCCCC2)c1. The number of halogens is 3. The molecule has 1 amide bonds. The number of aliphatic hydroxyl groups is 1. The van der Waals surface area contributed by atoms with E-state index in [4.69, 9.17) is 0 Å². The summed E-state index contributed by atoms with van der Waals surface area (Å²) in [7, 11) is 0. The zero-order valence-electron chi connectivity index (χ0n) is 15.0. The van der Waals surface area contributed by atoms with Gasteiger partial charge in [0.1, 0.15) is 0 Å². The third-order valence-electron chi connectivity index (χ3n) is 4.77. The number of alkyl halides is 3. The van der Waals surface area contributed by atoms with E-state index in [1.54, 1.807) is 6.08 Å². The van der Waals surface area contributed by atoms with Crippen molar-refractivity contribution in [3.63, 3.8) is 0 Å². The molecule has 2 rings (SSSR count). The molecule has 1 aromatic carbocycles. The second-order valence-electron chi connectivity index (χ2n) is 7.15. The fourth-order valence-electron chi connectivity index (χ4n) is 3.42. The lowest BCUT2D eigenvalue weighted by Crippen LogP contribution is -2.36. The van der Waals surface area contributed by atoms with Crippen LogP contribution in [0.25, 0.3) is 6.08 Å². The quantitative estimate of drug-likeness (QED) is 0.785. The maximum absolute atomic E-state index is 12.1. The fraction of sp³-hybridized carbons (Fsp3) is 0.550. The van der Waals surface area contributed by atoms with E-state index in [1.807, 2.05) is 24.4 Å². The van der Waals surface area contributed by atoms with Crippen LogP contribution < -0.4 is 5.32 Å². The van der Waals surface area contributed by atoms with Crippen molar-refractivity contribution in [1.29, 1.82) is 0 Å². The highest BCUT2D eigenvalue weighted by Crippen LogP contribution is 2.32. The molecular weight excluding hydrogens is 343 g/mol. The van der Waals surface area contributed by atoms with Gasteiger partial charge in [-0.25, -0.2) is 0 Å². The van der Waals surface area contributed by atoms with Crippen molar-refractivity contribution in [1.82, 2.24) is 5.32 Å². The smallest absolute Gasteiger partial charge is 0.390 e. The molecule has 0 atom stereocenters. The van der Waals surface area contributed by atoms with Gasteiger partial charge in [0.15, 0.2) is 0 Å². The van der Waals surface area contributed by atoms with Crippen LogP contribution in [0.1, 0.15) is 55.2 Å². The molecule has 144 valence electrons. The highest BCUT2D eigenvalue weighted by atomic mass is 19.4. The van der Waals surface area contributed by atoms with E-state index >= 15 is 0 Å². The van der Waals surface area contributed by atoms with E-state index in [-0.39, 0.29) is 6.54 Å². The second-order valence-corrected chi connectivity index (χ2v) is 7.15. The first-order valence-corrected chi connectivity index (χ1v) is 9.02. The fourth-order valence-corrected chi connectivity index (χ4v) is 3.42. The van der Waals surface area contributed by atoms with Crippen molar-refractivity contribution in [3.8, 4) is 0 Å². The average Bonchev–Trinajstić information content (AvgIpc) is 2.56. The molecule has 6 heteroatoms. The molecule has 1 saturated carbocycles. The Labute approximate surface area is 152 Å². The van der Waals surface area contributed by atoms with Crippen molar-refractivity contribution < 1.29 is 23.1 Å². The molecule has 26 heavy (non-hydrogen) atoms.